The van der Waals surface area contributed by atoms with Crippen LogP contribution in [0.3, 0.4) is 0 Å². The molecule has 0 aliphatic heterocycles. The zero-order valence-electron chi connectivity index (χ0n) is 24.4. The van der Waals surface area contributed by atoms with E-state index in [9.17, 15) is 0 Å². The molecule has 3 nitrogen and oxygen atoms in total. The summed E-state index contributed by atoms with van der Waals surface area (Å²) in [7, 11) is 0. The Balaban J connectivity index is 1.20. The molecule has 3 aromatic heterocycles. The summed E-state index contributed by atoms with van der Waals surface area (Å²) in [5.74, 6) is 0. The second-order valence-electron chi connectivity index (χ2n) is 11.9. The maximum Gasteiger partial charge on any atom is 0.0709 e. The summed E-state index contributed by atoms with van der Waals surface area (Å²) in [6, 6.07) is 57.2. The highest BCUT2D eigenvalue weighted by atomic mass is 15.0. The van der Waals surface area contributed by atoms with Crippen molar-refractivity contribution in [3.05, 3.63) is 158 Å². The molecule has 0 saturated heterocycles. The number of H-pyrrole nitrogens is 1. The van der Waals surface area contributed by atoms with Crippen molar-refractivity contribution in [2.24, 2.45) is 0 Å². The van der Waals surface area contributed by atoms with E-state index in [1.807, 2.05) is 0 Å². The lowest BCUT2D eigenvalue weighted by Crippen LogP contribution is -1.95. The molecule has 10 aromatic rings. The predicted octanol–water partition coefficient (Wildman–Crippen LogP) is 11.2. The van der Waals surface area contributed by atoms with Gasteiger partial charge in [0.2, 0.25) is 0 Å². The van der Waals surface area contributed by atoms with Crippen LogP contribution in [0.15, 0.2) is 158 Å². The summed E-state index contributed by atoms with van der Waals surface area (Å²) in [6.45, 7) is 0. The molecule has 0 amide bonds. The van der Waals surface area contributed by atoms with E-state index < -0.39 is 0 Å². The van der Waals surface area contributed by atoms with Gasteiger partial charge in [-0.3, -0.25) is 0 Å². The van der Waals surface area contributed by atoms with Crippen LogP contribution in [0.5, 0.6) is 0 Å². The Kier molecular flexibility index (Phi) is 5.00. The van der Waals surface area contributed by atoms with Crippen LogP contribution in [-0.2, 0) is 0 Å². The number of nitrogens with zero attached hydrogens (tertiary/aromatic N) is 2. The minimum atomic E-state index is 1.16. The third-order valence-corrected chi connectivity index (χ3v) is 9.45. The molecular formula is C42H27N3. The van der Waals surface area contributed by atoms with Crippen LogP contribution in [0.4, 0.5) is 0 Å². The van der Waals surface area contributed by atoms with Gasteiger partial charge in [0.1, 0.15) is 0 Å². The van der Waals surface area contributed by atoms with Crippen LogP contribution in [0, 0.1) is 0 Å². The van der Waals surface area contributed by atoms with Crippen molar-refractivity contribution in [1.29, 1.82) is 0 Å². The lowest BCUT2D eigenvalue weighted by Gasteiger charge is -2.10. The van der Waals surface area contributed by atoms with Crippen LogP contribution in [0.25, 0.3) is 87.9 Å². The highest BCUT2D eigenvalue weighted by molar-refractivity contribution is 6.15. The van der Waals surface area contributed by atoms with E-state index >= 15 is 0 Å². The molecule has 0 radical (unpaired) electrons. The van der Waals surface area contributed by atoms with Gasteiger partial charge in [-0.05, 0) is 71.8 Å². The SMILES string of the molecule is c1ccc(-n2c3ccccc3c3cc(-c4ccc5c(c4)c4ccccc4n5-c4cccc5c4[nH]c4ccccc45)ccc32)cc1. The Bertz CT molecular complexity index is 2760. The van der Waals surface area contributed by atoms with Crippen LogP contribution in [0.1, 0.15) is 0 Å². The van der Waals surface area contributed by atoms with Crippen molar-refractivity contribution in [2.45, 2.75) is 0 Å². The van der Waals surface area contributed by atoms with Crippen molar-refractivity contribution in [3.63, 3.8) is 0 Å². The smallest absolute Gasteiger partial charge is 0.0709 e. The van der Waals surface area contributed by atoms with Crippen LogP contribution in [-0.4, -0.2) is 14.1 Å². The number of para-hydroxylation sites is 5. The lowest BCUT2D eigenvalue weighted by molar-refractivity contribution is 1.18. The molecule has 0 saturated carbocycles. The second-order valence-corrected chi connectivity index (χ2v) is 11.9. The van der Waals surface area contributed by atoms with Gasteiger partial charge in [-0.25, -0.2) is 0 Å². The largest absolute Gasteiger partial charge is 0.353 e. The van der Waals surface area contributed by atoms with Crippen molar-refractivity contribution in [3.8, 4) is 22.5 Å². The molecular weight excluding hydrogens is 546 g/mol. The zero-order valence-corrected chi connectivity index (χ0v) is 24.4. The summed E-state index contributed by atoms with van der Waals surface area (Å²) in [6.07, 6.45) is 0. The van der Waals surface area contributed by atoms with Crippen molar-refractivity contribution in [1.82, 2.24) is 14.1 Å². The number of rotatable bonds is 3. The van der Waals surface area contributed by atoms with E-state index in [0.29, 0.717) is 0 Å². The van der Waals surface area contributed by atoms with E-state index in [1.54, 1.807) is 0 Å². The molecule has 210 valence electrons. The highest BCUT2D eigenvalue weighted by Gasteiger charge is 2.18. The predicted molar refractivity (Wildman–Crippen MR) is 190 cm³/mol. The highest BCUT2D eigenvalue weighted by Crippen LogP contribution is 2.39. The number of benzene rings is 7. The van der Waals surface area contributed by atoms with Gasteiger partial charge in [-0.1, -0.05) is 97.1 Å². The van der Waals surface area contributed by atoms with Gasteiger partial charge in [0.05, 0.1) is 33.3 Å². The Morgan fingerprint density at radius 1 is 0.356 bits per heavy atom. The van der Waals surface area contributed by atoms with Crippen LogP contribution in [0.2, 0.25) is 0 Å². The minimum Gasteiger partial charge on any atom is -0.353 e. The number of fused-ring (bicyclic) bond motifs is 9. The quantitative estimate of drug-likeness (QED) is 0.218. The fraction of sp³-hybridized carbons (Fsp3) is 0. The summed E-state index contributed by atoms with van der Waals surface area (Å²) in [5, 5.41) is 7.53. The number of aromatic nitrogens is 3. The number of aromatic amines is 1. The molecule has 3 heterocycles. The van der Waals surface area contributed by atoms with Gasteiger partial charge in [-0.15, -0.1) is 0 Å². The first-order chi connectivity index (χ1) is 22.3. The van der Waals surface area contributed by atoms with Crippen molar-refractivity contribution >= 4 is 65.4 Å². The Morgan fingerprint density at radius 2 is 0.889 bits per heavy atom. The van der Waals surface area contributed by atoms with Gasteiger partial charge in [-0.2, -0.15) is 0 Å². The molecule has 0 spiro atoms. The van der Waals surface area contributed by atoms with Gasteiger partial charge in [0.25, 0.3) is 0 Å². The topological polar surface area (TPSA) is 25.6 Å². The summed E-state index contributed by atoms with van der Waals surface area (Å²) >= 11 is 0. The van der Waals surface area contributed by atoms with Crippen molar-refractivity contribution < 1.29 is 0 Å². The maximum absolute atomic E-state index is 3.72. The first-order valence-electron chi connectivity index (χ1n) is 15.5. The fourth-order valence-electron chi connectivity index (χ4n) is 7.46. The number of hydrogen-bond acceptors (Lipinski definition) is 0. The van der Waals surface area contributed by atoms with Crippen LogP contribution < -0.4 is 0 Å². The third-order valence-electron chi connectivity index (χ3n) is 9.45. The first-order valence-corrected chi connectivity index (χ1v) is 15.5. The van der Waals surface area contributed by atoms with Crippen LogP contribution >= 0.6 is 0 Å². The summed E-state index contributed by atoms with van der Waals surface area (Å²) < 4.78 is 4.79. The Hall–Kier alpha value is -6.06. The molecule has 3 heteroatoms. The van der Waals surface area contributed by atoms with Gasteiger partial charge in [0.15, 0.2) is 0 Å². The second kappa shape index (κ2) is 9.22. The monoisotopic (exact) mass is 573 g/mol. The number of hydrogen-bond donors (Lipinski definition) is 1. The average Bonchev–Trinajstić information content (AvgIpc) is 3.76. The lowest BCUT2D eigenvalue weighted by atomic mass is 10.0. The molecule has 1 N–H and O–H groups in total. The molecule has 0 aliphatic rings. The standard InChI is InChI=1S/C42H27N3/c1-2-11-29(12-3-1)44-37-18-8-5-14-31(37)34-25-27(21-23-39(34)44)28-22-24-40-35(26-28)32-15-6-9-19-38(32)45(40)41-20-10-16-33-30-13-4-7-17-36(30)43-42(33)41/h1-26,43H. The van der Waals surface area contributed by atoms with E-state index in [4.69, 9.17) is 0 Å². The van der Waals surface area contributed by atoms with E-state index in [2.05, 4.69) is 172 Å². The van der Waals surface area contributed by atoms with Crippen molar-refractivity contribution in [2.75, 3.05) is 0 Å². The molecule has 0 unspecified atom stereocenters. The summed E-state index contributed by atoms with van der Waals surface area (Å²) in [4.78, 5) is 3.72. The molecule has 45 heavy (non-hydrogen) atoms. The zero-order chi connectivity index (χ0) is 29.5. The van der Waals surface area contributed by atoms with E-state index in [1.165, 1.54) is 71.2 Å². The van der Waals surface area contributed by atoms with Gasteiger partial charge in [0, 0.05) is 43.5 Å². The van der Waals surface area contributed by atoms with Gasteiger partial charge < -0.3 is 14.1 Å². The Labute approximate surface area is 259 Å². The molecule has 0 aliphatic carbocycles. The first kappa shape index (κ1) is 24.4. The van der Waals surface area contributed by atoms with E-state index in [-0.39, 0.29) is 0 Å². The number of nitrogens with one attached hydrogen (secondary N) is 1. The normalized spacial score (nSPS) is 12.0. The average molecular weight is 574 g/mol. The fourth-order valence-corrected chi connectivity index (χ4v) is 7.46. The molecule has 0 fully saturated rings. The third kappa shape index (κ3) is 3.46. The minimum absolute atomic E-state index is 1.16. The molecule has 10 rings (SSSR count). The molecule has 7 aromatic carbocycles. The Morgan fingerprint density at radius 3 is 1.60 bits per heavy atom. The summed E-state index contributed by atoms with van der Waals surface area (Å²) in [5.41, 5.74) is 11.9. The van der Waals surface area contributed by atoms with E-state index in [0.717, 1.165) is 16.7 Å². The molecule has 0 bridgehead atoms. The maximum atomic E-state index is 3.72. The molecule has 0 atom stereocenters. The van der Waals surface area contributed by atoms with Gasteiger partial charge >= 0.3 is 0 Å².